The summed E-state index contributed by atoms with van der Waals surface area (Å²) in [5, 5.41) is 9.67. The van der Waals surface area contributed by atoms with Gasteiger partial charge in [0.2, 0.25) is 0 Å². The van der Waals surface area contributed by atoms with Gasteiger partial charge in [0.1, 0.15) is 4.88 Å². The lowest BCUT2D eigenvalue weighted by atomic mass is 10.1. The summed E-state index contributed by atoms with van der Waals surface area (Å²) in [6.07, 6.45) is -2.30. The second kappa shape index (κ2) is 7.15. The van der Waals surface area contributed by atoms with Crippen molar-refractivity contribution in [1.82, 2.24) is 20.0 Å². The number of nitrogens with one attached hydrogen (secondary N) is 1. The smallest absolute Gasteiger partial charge is 0.418 e. The lowest BCUT2D eigenvalue weighted by molar-refractivity contribution is -0.137. The molecule has 0 fully saturated rings. The molecule has 0 bridgehead atoms. The number of anilines is 1. The molecule has 0 aliphatic rings. The fourth-order valence-electron chi connectivity index (χ4n) is 2.09. The lowest BCUT2D eigenvalue weighted by Gasteiger charge is -2.11. The van der Waals surface area contributed by atoms with E-state index in [1.54, 1.807) is 0 Å². The number of carbonyl (C=O) groups is 2. The van der Waals surface area contributed by atoms with E-state index < -0.39 is 23.6 Å². The third-order valence-electron chi connectivity index (χ3n) is 3.30. The summed E-state index contributed by atoms with van der Waals surface area (Å²) in [5.74, 6) is -1.35. The molecule has 2 heterocycles. The molecule has 0 spiro atoms. The zero-order chi connectivity index (χ0) is 19.6. The Morgan fingerprint density at radius 1 is 1.26 bits per heavy atom. The second-order valence-corrected chi connectivity index (χ2v) is 6.07. The molecule has 12 heteroatoms. The summed E-state index contributed by atoms with van der Waals surface area (Å²) >= 11 is 0.876. The molecule has 0 aliphatic heterocycles. The van der Waals surface area contributed by atoms with Gasteiger partial charge in [-0.1, -0.05) is 28.7 Å². The average Bonchev–Trinajstić information content (AvgIpc) is 3.30. The maximum atomic E-state index is 13.1. The minimum atomic E-state index is -4.59. The molecule has 1 N–H and O–H groups in total. The van der Waals surface area contributed by atoms with Crippen LogP contribution in [0.5, 0.6) is 0 Å². The molecular weight excluding hydrogens is 387 g/mol. The Morgan fingerprint density at radius 3 is 2.70 bits per heavy atom. The number of carbonyl (C=O) groups excluding carboxylic acids is 2. The van der Waals surface area contributed by atoms with Crippen LogP contribution in [0.2, 0.25) is 0 Å². The minimum Gasteiger partial charge on any atom is -0.465 e. The van der Waals surface area contributed by atoms with E-state index in [1.165, 1.54) is 31.5 Å². The minimum absolute atomic E-state index is 0.102. The highest BCUT2D eigenvalue weighted by molar-refractivity contribution is 7.17. The number of amides is 1. The molecule has 8 nitrogen and oxygen atoms in total. The molecule has 0 unspecified atom stereocenters. The van der Waals surface area contributed by atoms with E-state index in [4.69, 9.17) is 0 Å². The highest BCUT2D eigenvalue weighted by Gasteiger charge is 2.34. The Morgan fingerprint density at radius 2 is 2.00 bits per heavy atom. The van der Waals surface area contributed by atoms with Crippen molar-refractivity contribution in [2.24, 2.45) is 0 Å². The average molecular weight is 397 g/mol. The molecule has 27 heavy (non-hydrogen) atoms. The summed E-state index contributed by atoms with van der Waals surface area (Å²) < 4.78 is 44.7. The fourth-order valence-corrected chi connectivity index (χ4v) is 2.82. The van der Waals surface area contributed by atoms with Crippen LogP contribution < -0.4 is 5.32 Å². The monoisotopic (exact) mass is 397 g/mol. The molecule has 1 amide bonds. The SMILES string of the molecule is COC(=O)c1cnc(NC(=O)c2cn(-c3ccccc3C(F)(F)F)nn2)s1. The summed E-state index contributed by atoms with van der Waals surface area (Å²) in [4.78, 5) is 27.6. The van der Waals surface area contributed by atoms with Gasteiger partial charge in [-0.25, -0.2) is 14.5 Å². The summed E-state index contributed by atoms with van der Waals surface area (Å²) in [6, 6.07) is 4.78. The van der Waals surface area contributed by atoms with Gasteiger partial charge in [0.05, 0.1) is 30.8 Å². The molecular formula is C15H10F3N5O3S. The number of ether oxygens (including phenoxy) is 1. The lowest BCUT2D eigenvalue weighted by Crippen LogP contribution is -2.12. The molecule has 3 rings (SSSR count). The Labute approximate surface area is 153 Å². The number of para-hydroxylation sites is 1. The summed E-state index contributed by atoms with van der Waals surface area (Å²) in [6.45, 7) is 0. The van der Waals surface area contributed by atoms with Crippen molar-refractivity contribution < 1.29 is 27.5 Å². The van der Waals surface area contributed by atoms with Crippen LogP contribution in [-0.2, 0) is 10.9 Å². The predicted octanol–water partition coefficient (Wildman–Crippen LogP) is 2.78. The van der Waals surface area contributed by atoms with Crippen LogP contribution in [0.15, 0.2) is 36.7 Å². The molecule has 2 aromatic heterocycles. The van der Waals surface area contributed by atoms with E-state index in [0.717, 1.165) is 28.3 Å². The standard InChI is InChI=1S/C15H10F3N5O3S/c1-26-13(25)11-6-19-14(27-11)20-12(24)9-7-23(22-21-9)10-5-3-2-4-8(10)15(16,17)18/h2-7H,1H3,(H,19,20,24). The normalized spacial score (nSPS) is 11.3. The van der Waals surface area contributed by atoms with Gasteiger partial charge in [0.25, 0.3) is 5.91 Å². The van der Waals surface area contributed by atoms with Crippen molar-refractivity contribution >= 4 is 28.3 Å². The quantitative estimate of drug-likeness (QED) is 0.680. The van der Waals surface area contributed by atoms with Crippen LogP contribution in [0.1, 0.15) is 25.7 Å². The maximum absolute atomic E-state index is 13.1. The van der Waals surface area contributed by atoms with E-state index in [0.29, 0.717) is 0 Å². The number of hydrogen-bond acceptors (Lipinski definition) is 7. The molecule has 140 valence electrons. The Kier molecular flexibility index (Phi) is 4.90. The second-order valence-electron chi connectivity index (χ2n) is 5.04. The van der Waals surface area contributed by atoms with Crippen LogP contribution in [0.4, 0.5) is 18.3 Å². The topological polar surface area (TPSA) is 99.0 Å². The van der Waals surface area contributed by atoms with Gasteiger partial charge < -0.3 is 4.74 Å². The van der Waals surface area contributed by atoms with Crippen molar-refractivity contribution in [3.63, 3.8) is 0 Å². The van der Waals surface area contributed by atoms with Gasteiger partial charge in [0, 0.05) is 0 Å². The molecule has 1 aromatic carbocycles. The van der Waals surface area contributed by atoms with Gasteiger partial charge in [0.15, 0.2) is 10.8 Å². The van der Waals surface area contributed by atoms with E-state index in [2.05, 4.69) is 25.3 Å². The molecule has 0 saturated heterocycles. The van der Waals surface area contributed by atoms with Crippen molar-refractivity contribution in [1.29, 1.82) is 0 Å². The van der Waals surface area contributed by atoms with Gasteiger partial charge in [-0.3, -0.25) is 10.1 Å². The molecule has 0 atom stereocenters. The van der Waals surface area contributed by atoms with E-state index in [-0.39, 0.29) is 21.4 Å². The summed E-state index contributed by atoms with van der Waals surface area (Å²) in [7, 11) is 1.21. The number of aromatic nitrogens is 4. The number of nitrogens with zero attached hydrogens (tertiary/aromatic N) is 4. The predicted molar refractivity (Wildman–Crippen MR) is 87.8 cm³/mol. The van der Waals surface area contributed by atoms with E-state index >= 15 is 0 Å². The van der Waals surface area contributed by atoms with Crippen molar-refractivity contribution in [2.45, 2.75) is 6.18 Å². The van der Waals surface area contributed by atoms with Crippen molar-refractivity contribution in [2.75, 3.05) is 12.4 Å². The summed E-state index contributed by atoms with van der Waals surface area (Å²) in [5.41, 5.74) is -1.40. The van der Waals surface area contributed by atoms with Gasteiger partial charge in [-0.2, -0.15) is 13.2 Å². The Balaban J connectivity index is 1.81. The first-order valence-electron chi connectivity index (χ1n) is 7.24. The number of benzene rings is 1. The maximum Gasteiger partial charge on any atom is 0.418 e. The number of methoxy groups -OCH3 is 1. The van der Waals surface area contributed by atoms with E-state index in [9.17, 15) is 22.8 Å². The van der Waals surface area contributed by atoms with Crippen LogP contribution in [0.3, 0.4) is 0 Å². The van der Waals surface area contributed by atoms with Crippen molar-refractivity contribution in [3.05, 3.63) is 52.8 Å². The number of esters is 1. The molecule has 3 aromatic rings. The molecule has 0 radical (unpaired) electrons. The number of halogens is 3. The first-order chi connectivity index (χ1) is 12.8. The zero-order valence-corrected chi connectivity index (χ0v) is 14.3. The fraction of sp³-hybridized carbons (Fsp3) is 0.133. The first-order valence-corrected chi connectivity index (χ1v) is 8.05. The highest BCUT2D eigenvalue weighted by atomic mass is 32.1. The number of hydrogen-bond donors (Lipinski definition) is 1. The van der Waals surface area contributed by atoms with Crippen molar-refractivity contribution in [3.8, 4) is 5.69 Å². The Hall–Kier alpha value is -3.28. The highest BCUT2D eigenvalue weighted by Crippen LogP contribution is 2.33. The van der Waals surface area contributed by atoms with E-state index in [1.807, 2.05) is 0 Å². The number of rotatable bonds is 4. The van der Waals surface area contributed by atoms with Gasteiger partial charge in [-0.05, 0) is 12.1 Å². The molecule has 0 aliphatic carbocycles. The van der Waals surface area contributed by atoms with Crippen LogP contribution in [0, 0.1) is 0 Å². The van der Waals surface area contributed by atoms with Crippen LogP contribution in [0.25, 0.3) is 5.69 Å². The van der Waals surface area contributed by atoms with Crippen LogP contribution in [-0.4, -0.2) is 39.0 Å². The third-order valence-corrected chi connectivity index (χ3v) is 4.19. The van der Waals surface area contributed by atoms with Gasteiger partial charge in [-0.15, -0.1) is 5.10 Å². The third kappa shape index (κ3) is 3.95. The zero-order valence-electron chi connectivity index (χ0n) is 13.5. The number of thiazole rings is 1. The number of alkyl halides is 3. The first kappa shape index (κ1) is 18.5. The molecule has 0 saturated carbocycles. The largest absolute Gasteiger partial charge is 0.465 e. The van der Waals surface area contributed by atoms with Gasteiger partial charge >= 0.3 is 12.1 Å². The Bertz CT molecular complexity index is 999. The van der Waals surface area contributed by atoms with Crippen LogP contribution >= 0.6 is 11.3 Å².